The molecular weight excluding hydrogens is 318 g/mol. The number of H-pyrrole nitrogens is 1. The van der Waals surface area contributed by atoms with Crippen LogP contribution in [0, 0.1) is 0 Å². The van der Waals surface area contributed by atoms with Gasteiger partial charge in [0.05, 0.1) is 5.52 Å². The van der Waals surface area contributed by atoms with Crippen LogP contribution in [0.2, 0.25) is 5.02 Å². The number of carbonyl (C=O) groups is 2. The smallest absolute Gasteiger partial charge is 0.359 e. The molecule has 6 nitrogen and oxygen atoms in total. The van der Waals surface area contributed by atoms with Crippen molar-refractivity contribution < 1.29 is 14.3 Å². The minimum Gasteiger partial charge on any atom is -0.451 e. The van der Waals surface area contributed by atoms with Crippen molar-refractivity contribution in [3.63, 3.8) is 0 Å². The van der Waals surface area contributed by atoms with Crippen molar-refractivity contribution in [2.75, 3.05) is 11.9 Å². The maximum absolute atomic E-state index is 12.0. The summed E-state index contributed by atoms with van der Waals surface area (Å²) in [5, 5.41) is 10.5. The molecule has 0 atom stereocenters. The first-order chi connectivity index (χ1) is 11.1. The maximum atomic E-state index is 12.0. The number of nitrogens with zero attached hydrogens (tertiary/aromatic N) is 1. The lowest BCUT2D eigenvalue weighted by Gasteiger charge is -2.06. The van der Waals surface area contributed by atoms with Crippen LogP contribution in [0.5, 0.6) is 0 Å². The number of carbonyl (C=O) groups excluding carboxylic acids is 2. The number of hydrogen-bond donors (Lipinski definition) is 2. The van der Waals surface area contributed by atoms with Gasteiger partial charge in [-0.1, -0.05) is 29.8 Å². The summed E-state index contributed by atoms with van der Waals surface area (Å²) in [6.45, 7) is -0.400. The van der Waals surface area contributed by atoms with Gasteiger partial charge in [0.1, 0.15) is 0 Å². The topological polar surface area (TPSA) is 84.1 Å². The van der Waals surface area contributed by atoms with Crippen LogP contribution in [0.3, 0.4) is 0 Å². The number of rotatable bonds is 4. The van der Waals surface area contributed by atoms with Crippen LogP contribution in [-0.4, -0.2) is 28.7 Å². The summed E-state index contributed by atoms with van der Waals surface area (Å²) < 4.78 is 4.99. The van der Waals surface area contributed by atoms with Crippen LogP contribution in [0.1, 0.15) is 10.5 Å². The van der Waals surface area contributed by atoms with E-state index in [1.54, 1.807) is 42.5 Å². The third-order valence-electron chi connectivity index (χ3n) is 3.13. The largest absolute Gasteiger partial charge is 0.451 e. The monoisotopic (exact) mass is 329 g/mol. The molecule has 0 saturated heterocycles. The molecule has 2 aromatic carbocycles. The molecular formula is C16H12ClN3O3. The van der Waals surface area contributed by atoms with Gasteiger partial charge in [0.25, 0.3) is 5.91 Å². The quantitative estimate of drug-likeness (QED) is 0.721. The molecule has 1 amide bonds. The number of benzene rings is 2. The van der Waals surface area contributed by atoms with Gasteiger partial charge in [-0.2, -0.15) is 5.10 Å². The van der Waals surface area contributed by atoms with Crippen molar-refractivity contribution in [3.8, 4) is 0 Å². The van der Waals surface area contributed by atoms with Crippen molar-refractivity contribution >= 4 is 40.1 Å². The van der Waals surface area contributed by atoms with Gasteiger partial charge >= 0.3 is 5.97 Å². The summed E-state index contributed by atoms with van der Waals surface area (Å²) in [6, 6.07) is 13.8. The zero-order valence-corrected chi connectivity index (χ0v) is 12.6. The van der Waals surface area contributed by atoms with Crippen LogP contribution < -0.4 is 5.32 Å². The molecule has 2 N–H and O–H groups in total. The van der Waals surface area contributed by atoms with Crippen LogP contribution in [0.15, 0.2) is 48.5 Å². The van der Waals surface area contributed by atoms with E-state index in [0.717, 1.165) is 5.52 Å². The Bertz CT molecular complexity index is 858. The van der Waals surface area contributed by atoms with E-state index in [9.17, 15) is 9.59 Å². The Balaban J connectivity index is 1.60. The number of halogens is 1. The van der Waals surface area contributed by atoms with E-state index in [1.165, 1.54) is 0 Å². The molecule has 1 heterocycles. The lowest BCUT2D eigenvalue weighted by Crippen LogP contribution is -2.21. The Labute approximate surface area is 136 Å². The van der Waals surface area contributed by atoms with Gasteiger partial charge in [-0.05, 0) is 30.3 Å². The number of ether oxygens (including phenoxy) is 1. The molecule has 0 aliphatic carbocycles. The van der Waals surface area contributed by atoms with Gasteiger partial charge in [-0.15, -0.1) is 0 Å². The molecule has 116 valence electrons. The fraction of sp³-hybridized carbons (Fsp3) is 0.0625. The number of amides is 1. The summed E-state index contributed by atoms with van der Waals surface area (Å²) in [4.78, 5) is 23.8. The summed E-state index contributed by atoms with van der Waals surface area (Å²) in [5.74, 6) is -1.10. The average Bonchev–Trinajstić information content (AvgIpc) is 2.99. The molecule has 0 bridgehead atoms. The molecule has 3 rings (SSSR count). The molecule has 3 aromatic rings. The maximum Gasteiger partial charge on any atom is 0.359 e. The standard InChI is InChI=1S/C16H12ClN3O3/c17-10-5-7-11(8-6-10)18-14(21)9-23-16(22)15-12-3-1-2-4-13(12)19-20-15/h1-8H,9H2,(H,18,21)(H,19,20). The first-order valence-corrected chi connectivity index (χ1v) is 7.17. The van der Waals surface area contributed by atoms with Gasteiger partial charge in [-0.25, -0.2) is 4.79 Å². The number of aromatic nitrogens is 2. The molecule has 0 fully saturated rings. The lowest BCUT2D eigenvalue weighted by atomic mass is 10.2. The molecule has 0 saturated carbocycles. The molecule has 23 heavy (non-hydrogen) atoms. The number of nitrogens with one attached hydrogen (secondary N) is 2. The molecule has 0 aliphatic rings. The molecule has 7 heteroatoms. The van der Waals surface area contributed by atoms with Gasteiger partial charge in [0.2, 0.25) is 0 Å². The highest BCUT2D eigenvalue weighted by Crippen LogP contribution is 2.16. The molecule has 1 aromatic heterocycles. The zero-order chi connectivity index (χ0) is 16.2. The van der Waals surface area contributed by atoms with Crippen LogP contribution in [-0.2, 0) is 9.53 Å². The number of para-hydroxylation sites is 1. The first kappa shape index (κ1) is 15.1. The van der Waals surface area contributed by atoms with Crippen LogP contribution in [0.25, 0.3) is 10.9 Å². The fourth-order valence-electron chi connectivity index (χ4n) is 2.05. The lowest BCUT2D eigenvalue weighted by molar-refractivity contribution is -0.119. The van der Waals surface area contributed by atoms with Crippen molar-refractivity contribution in [2.45, 2.75) is 0 Å². The fourth-order valence-corrected chi connectivity index (χ4v) is 2.17. The number of fused-ring (bicyclic) bond motifs is 1. The van der Waals surface area contributed by atoms with Crippen LogP contribution in [0.4, 0.5) is 5.69 Å². The van der Waals surface area contributed by atoms with E-state index >= 15 is 0 Å². The number of hydrogen-bond acceptors (Lipinski definition) is 4. The summed E-state index contributed by atoms with van der Waals surface area (Å²) in [5.41, 5.74) is 1.45. The molecule has 0 spiro atoms. The van der Waals surface area contributed by atoms with Crippen molar-refractivity contribution in [1.29, 1.82) is 0 Å². The number of aromatic amines is 1. The Morgan fingerprint density at radius 1 is 1.13 bits per heavy atom. The minimum atomic E-state index is -0.659. The predicted molar refractivity (Wildman–Crippen MR) is 86.5 cm³/mol. The third-order valence-corrected chi connectivity index (χ3v) is 3.38. The normalized spacial score (nSPS) is 10.5. The highest BCUT2D eigenvalue weighted by atomic mass is 35.5. The highest BCUT2D eigenvalue weighted by Gasteiger charge is 2.16. The average molecular weight is 330 g/mol. The van der Waals surface area contributed by atoms with E-state index in [2.05, 4.69) is 15.5 Å². The summed E-state index contributed by atoms with van der Waals surface area (Å²) >= 11 is 5.76. The molecule has 0 radical (unpaired) electrons. The van der Waals surface area contributed by atoms with Crippen molar-refractivity contribution in [1.82, 2.24) is 10.2 Å². The van der Waals surface area contributed by atoms with E-state index < -0.39 is 18.5 Å². The third kappa shape index (κ3) is 3.49. The summed E-state index contributed by atoms with van der Waals surface area (Å²) in [6.07, 6.45) is 0. The van der Waals surface area contributed by atoms with E-state index in [1.807, 2.05) is 6.07 Å². The Kier molecular flexibility index (Phi) is 4.25. The Morgan fingerprint density at radius 2 is 1.87 bits per heavy atom. The molecule has 0 unspecified atom stereocenters. The molecule has 0 aliphatic heterocycles. The Morgan fingerprint density at radius 3 is 2.65 bits per heavy atom. The van der Waals surface area contributed by atoms with Crippen LogP contribution >= 0.6 is 11.6 Å². The second-order valence-electron chi connectivity index (χ2n) is 4.75. The van der Waals surface area contributed by atoms with Crippen molar-refractivity contribution in [3.05, 3.63) is 59.2 Å². The van der Waals surface area contributed by atoms with Gasteiger partial charge in [-0.3, -0.25) is 9.89 Å². The van der Waals surface area contributed by atoms with Gasteiger partial charge < -0.3 is 10.1 Å². The SMILES string of the molecule is O=C(COC(=O)c1n[nH]c2ccccc12)Nc1ccc(Cl)cc1. The second-order valence-corrected chi connectivity index (χ2v) is 5.19. The van der Waals surface area contributed by atoms with Gasteiger partial charge in [0, 0.05) is 16.1 Å². The Hall–Kier alpha value is -2.86. The summed E-state index contributed by atoms with van der Waals surface area (Å²) in [7, 11) is 0. The van der Waals surface area contributed by atoms with E-state index in [0.29, 0.717) is 16.1 Å². The highest BCUT2D eigenvalue weighted by molar-refractivity contribution is 6.30. The van der Waals surface area contributed by atoms with E-state index in [4.69, 9.17) is 16.3 Å². The predicted octanol–water partition coefficient (Wildman–Crippen LogP) is 3.01. The number of anilines is 1. The second kappa shape index (κ2) is 6.50. The van der Waals surface area contributed by atoms with Gasteiger partial charge in [0.15, 0.2) is 12.3 Å². The minimum absolute atomic E-state index is 0.153. The zero-order valence-electron chi connectivity index (χ0n) is 11.9. The first-order valence-electron chi connectivity index (χ1n) is 6.79. The van der Waals surface area contributed by atoms with E-state index in [-0.39, 0.29) is 5.69 Å². The van der Waals surface area contributed by atoms with Crippen molar-refractivity contribution in [2.24, 2.45) is 0 Å². The number of esters is 1.